The monoisotopic (exact) mass is 613 g/mol. The van der Waals surface area contributed by atoms with Gasteiger partial charge in [0.15, 0.2) is 0 Å². The number of nitrogens with zero attached hydrogens (tertiary/aromatic N) is 2. The molecular weight excluding hydrogens is 577 g/mol. The average Bonchev–Trinajstić information content (AvgIpc) is 2.95. The Balaban J connectivity index is 1.80. The van der Waals surface area contributed by atoms with Crippen LogP contribution in [-0.2, 0) is 37.5 Å². The Labute approximate surface area is 252 Å². The molecule has 3 aromatic rings. The fourth-order valence-electron chi connectivity index (χ4n) is 4.50. The third-order valence-electron chi connectivity index (χ3n) is 6.53. The van der Waals surface area contributed by atoms with Crippen molar-refractivity contribution in [2.24, 2.45) is 0 Å². The third-order valence-corrected chi connectivity index (χ3v) is 8.22. The van der Waals surface area contributed by atoms with Crippen molar-refractivity contribution in [3.05, 3.63) is 89.7 Å². The van der Waals surface area contributed by atoms with Crippen LogP contribution >= 0.6 is 12.6 Å². The van der Waals surface area contributed by atoms with E-state index in [1.54, 1.807) is 17.0 Å². The second kappa shape index (κ2) is 15.5. The van der Waals surface area contributed by atoms with E-state index >= 15 is 4.39 Å². The Morgan fingerprint density at radius 3 is 2.14 bits per heavy atom. The van der Waals surface area contributed by atoms with Crippen LogP contribution in [0.15, 0.2) is 77.7 Å². The van der Waals surface area contributed by atoms with E-state index in [1.807, 2.05) is 42.0 Å². The minimum atomic E-state index is -4.16. The zero-order valence-electron chi connectivity index (χ0n) is 23.8. The maximum atomic E-state index is 15.4. The van der Waals surface area contributed by atoms with Crippen LogP contribution in [0.4, 0.5) is 4.39 Å². The highest BCUT2D eigenvalue weighted by atomic mass is 32.2. The molecule has 0 aliphatic heterocycles. The van der Waals surface area contributed by atoms with Crippen molar-refractivity contribution in [2.75, 3.05) is 18.8 Å². The zero-order chi connectivity index (χ0) is 30.7. The number of carbonyl (C=O) groups excluding carboxylic acids is 3. The Bertz CT molecular complexity index is 1500. The summed E-state index contributed by atoms with van der Waals surface area (Å²) in [6, 6.07) is 19.9. The van der Waals surface area contributed by atoms with Gasteiger partial charge in [0.05, 0.1) is 4.90 Å². The number of halogens is 1. The first kappa shape index (κ1) is 32.8. The summed E-state index contributed by atoms with van der Waals surface area (Å²) in [7, 11) is -4.16. The molecule has 0 fully saturated rings. The van der Waals surface area contributed by atoms with Crippen LogP contribution in [0, 0.1) is 5.82 Å². The molecule has 3 aromatic carbocycles. The lowest BCUT2D eigenvalue weighted by Crippen LogP contribution is -2.37. The molecule has 3 rings (SSSR count). The van der Waals surface area contributed by atoms with Gasteiger partial charge in [-0.25, -0.2) is 17.5 Å². The fraction of sp³-hybridized carbons (Fsp3) is 0.323. The van der Waals surface area contributed by atoms with Crippen LogP contribution < -0.4 is 4.72 Å². The van der Waals surface area contributed by atoms with Gasteiger partial charge in [0.2, 0.25) is 17.7 Å². The lowest BCUT2D eigenvalue weighted by molar-refractivity contribution is -0.135. The van der Waals surface area contributed by atoms with E-state index in [0.717, 1.165) is 12.5 Å². The molecule has 0 aliphatic carbocycles. The number of thiol groups is 1. The molecule has 0 unspecified atom stereocenters. The van der Waals surface area contributed by atoms with Crippen molar-refractivity contribution >= 4 is 40.4 Å². The number of benzene rings is 3. The molecule has 3 amide bonds. The number of hydrogen-bond acceptors (Lipinski definition) is 6. The number of carbonyl (C=O) groups is 3. The van der Waals surface area contributed by atoms with Crippen molar-refractivity contribution < 1.29 is 27.2 Å². The lowest BCUT2D eigenvalue weighted by atomic mass is 10.0. The van der Waals surface area contributed by atoms with E-state index < -0.39 is 21.7 Å². The van der Waals surface area contributed by atoms with E-state index in [0.29, 0.717) is 30.8 Å². The standard InChI is InChI=1S/C31H36FN3O5S2/c1-3-9-30(37)34(17-16-31(38)35(18-19-41)21-24-10-5-4-6-11-24)22-26-15-14-25(20-28(26)32)27-12-7-8-13-29(27)42(39,40)33-23(2)36/h4-8,10-15,20,41H,3,9,16-19,21-22H2,1-2H3,(H,33,36). The highest BCUT2D eigenvalue weighted by molar-refractivity contribution is 7.90. The van der Waals surface area contributed by atoms with Crippen molar-refractivity contribution in [2.45, 2.75) is 51.1 Å². The van der Waals surface area contributed by atoms with Crippen molar-refractivity contribution in [1.82, 2.24) is 14.5 Å². The van der Waals surface area contributed by atoms with Crippen LogP contribution in [0.5, 0.6) is 0 Å². The molecule has 1 N–H and O–H groups in total. The topological polar surface area (TPSA) is 104 Å². The van der Waals surface area contributed by atoms with Crippen LogP contribution in [0.2, 0.25) is 0 Å². The molecule has 42 heavy (non-hydrogen) atoms. The van der Waals surface area contributed by atoms with Gasteiger partial charge < -0.3 is 9.80 Å². The van der Waals surface area contributed by atoms with Gasteiger partial charge in [0, 0.05) is 62.8 Å². The lowest BCUT2D eigenvalue weighted by Gasteiger charge is -2.26. The van der Waals surface area contributed by atoms with Gasteiger partial charge in [0.1, 0.15) is 5.82 Å². The average molecular weight is 614 g/mol. The first-order valence-corrected chi connectivity index (χ1v) is 15.8. The molecule has 0 bridgehead atoms. The Morgan fingerprint density at radius 1 is 0.857 bits per heavy atom. The number of sulfonamides is 1. The molecule has 0 heterocycles. The maximum Gasteiger partial charge on any atom is 0.264 e. The number of amides is 3. The van der Waals surface area contributed by atoms with Gasteiger partial charge in [-0.15, -0.1) is 0 Å². The molecule has 0 aromatic heterocycles. The van der Waals surface area contributed by atoms with Crippen molar-refractivity contribution in [3.8, 4) is 11.1 Å². The van der Waals surface area contributed by atoms with Gasteiger partial charge in [-0.3, -0.25) is 14.4 Å². The molecule has 0 radical (unpaired) electrons. The summed E-state index contributed by atoms with van der Waals surface area (Å²) in [6.45, 7) is 3.92. The summed E-state index contributed by atoms with van der Waals surface area (Å²) in [5.41, 5.74) is 1.74. The molecule has 0 aliphatic rings. The van der Waals surface area contributed by atoms with Crippen molar-refractivity contribution in [1.29, 1.82) is 0 Å². The third kappa shape index (κ3) is 9.15. The van der Waals surface area contributed by atoms with Crippen LogP contribution in [-0.4, -0.2) is 54.8 Å². The Kier molecular flexibility index (Phi) is 12.1. The van der Waals surface area contributed by atoms with E-state index in [-0.39, 0.29) is 53.8 Å². The summed E-state index contributed by atoms with van der Waals surface area (Å²) in [5, 5.41) is 0. The molecule has 11 heteroatoms. The second-order valence-electron chi connectivity index (χ2n) is 9.80. The summed E-state index contributed by atoms with van der Waals surface area (Å²) >= 11 is 4.29. The largest absolute Gasteiger partial charge is 0.338 e. The molecule has 0 saturated heterocycles. The van der Waals surface area contributed by atoms with Crippen LogP contribution in [0.3, 0.4) is 0 Å². The zero-order valence-corrected chi connectivity index (χ0v) is 25.5. The summed E-state index contributed by atoms with van der Waals surface area (Å²) in [5.74, 6) is -1.19. The van der Waals surface area contributed by atoms with E-state index in [4.69, 9.17) is 0 Å². The minimum Gasteiger partial charge on any atom is -0.338 e. The van der Waals surface area contributed by atoms with Crippen molar-refractivity contribution in [3.63, 3.8) is 0 Å². The summed E-state index contributed by atoms with van der Waals surface area (Å²) < 4.78 is 42.7. The molecule has 0 spiro atoms. The highest BCUT2D eigenvalue weighted by Gasteiger charge is 2.22. The van der Waals surface area contributed by atoms with Gasteiger partial charge in [-0.05, 0) is 29.7 Å². The number of rotatable bonds is 14. The summed E-state index contributed by atoms with van der Waals surface area (Å²) in [4.78, 5) is 40.5. The van der Waals surface area contributed by atoms with Gasteiger partial charge in [-0.2, -0.15) is 12.6 Å². The molecule has 8 nitrogen and oxygen atoms in total. The predicted molar refractivity (Wildman–Crippen MR) is 163 cm³/mol. The van der Waals surface area contributed by atoms with Gasteiger partial charge >= 0.3 is 0 Å². The molecule has 0 saturated carbocycles. The second-order valence-corrected chi connectivity index (χ2v) is 11.9. The van der Waals surface area contributed by atoms with Crippen LogP contribution in [0.1, 0.15) is 44.2 Å². The van der Waals surface area contributed by atoms with Gasteiger partial charge in [0.25, 0.3) is 10.0 Å². The first-order chi connectivity index (χ1) is 20.1. The summed E-state index contributed by atoms with van der Waals surface area (Å²) in [6.07, 6.45) is 0.931. The SMILES string of the molecule is CCCC(=O)N(CCC(=O)N(CCS)Cc1ccccc1)Cc1ccc(-c2ccccc2S(=O)(=O)NC(C)=O)cc1F. The van der Waals surface area contributed by atoms with E-state index in [1.165, 1.54) is 35.2 Å². The first-order valence-electron chi connectivity index (χ1n) is 13.7. The van der Waals surface area contributed by atoms with Crippen LogP contribution in [0.25, 0.3) is 11.1 Å². The van der Waals surface area contributed by atoms with E-state index in [9.17, 15) is 22.8 Å². The fourth-order valence-corrected chi connectivity index (χ4v) is 5.96. The number of hydrogen-bond donors (Lipinski definition) is 2. The normalized spacial score (nSPS) is 11.1. The minimum absolute atomic E-state index is 0.0463. The molecule has 0 atom stereocenters. The Hall–Kier alpha value is -3.70. The Morgan fingerprint density at radius 2 is 1.50 bits per heavy atom. The number of nitrogens with one attached hydrogen (secondary N) is 1. The van der Waals surface area contributed by atoms with E-state index in [2.05, 4.69) is 12.6 Å². The quantitative estimate of drug-likeness (QED) is 0.255. The molecular formula is C31H36FN3O5S2. The molecule has 224 valence electrons. The highest BCUT2D eigenvalue weighted by Crippen LogP contribution is 2.29. The smallest absolute Gasteiger partial charge is 0.264 e. The predicted octanol–water partition coefficient (Wildman–Crippen LogP) is 4.79. The van der Waals surface area contributed by atoms with Gasteiger partial charge in [-0.1, -0.05) is 67.6 Å². The maximum absolute atomic E-state index is 15.4.